The molecule has 3 heterocycles. The normalized spacial score (nSPS) is 27.4. The second-order valence-corrected chi connectivity index (χ2v) is 7.16. The number of rotatable bonds is 2. The average molecular weight is 322 g/mol. The lowest BCUT2D eigenvalue weighted by molar-refractivity contribution is -0.170. The lowest BCUT2D eigenvalue weighted by atomic mass is 9.78. The minimum Gasteiger partial charge on any atom is -0.390 e. The van der Waals surface area contributed by atoms with E-state index in [9.17, 15) is 9.90 Å². The maximum Gasteiger partial charge on any atom is 0.259 e. The lowest BCUT2D eigenvalue weighted by Crippen LogP contribution is -2.54. The van der Waals surface area contributed by atoms with E-state index in [0.717, 1.165) is 18.5 Å². The van der Waals surface area contributed by atoms with Crippen LogP contribution in [-0.2, 0) is 11.2 Å². The van der Waals surface area contributed by atoms with Crippen molar-refractivity contribution in [3.8, 4) is 0 Å². The van der Waals surface area contributed by atoms with Crippen LogP contribution in [0.4, 0.5) is 0 Å². The van der Waals surface area contributed by atoms with Crippen LogP contribution in [-0.4, -0.2) is 52.0 Å². The van der Waals surface area contributed by atoms with Gasteiger partial charge in [-0.05, 0) is 39.5 Å². The monoisotopic (exact) mass is 322 g/mol. The summed E-state index contributed by atoms with van der Waals surface area (Å²) in [5.41, 5.74) is 0.394. The predicted octanol–water partition coefficient (Wildman–Crippen LogP) is 2.08. The average Bonchev–Trinajstić information content (AvgIpc) is 2.87. The minimum absolute atomic E-state index is 0.00183. The maximum atomic E-state index is 12.8. The number of carbonyl (C=O) groups is 1. The van der Waals surface area contributed by atoms with Crippen LogP contribution < -0.4 is 0 Å². The SMILES string of the molecule is CCc1noc(C)c1C(=O)N1CCC2(CC1)CC(C)(O)CCO2. The van der Waals surface area contributed by atoms with Crippen LogP contribution >= 0.6 is 0 Å². The van der Waals surface area contributed by atoms with Gasteiger partial charge in [-0.15, -0.1) is 0 Å². The zero-order valence-corrected chi connectivity index (χ0v) is 14.2. The van der Waals surface area contributed by atoms with Crippen LogP contribution in [0.3, 0.4) is 0 Å². The number of aromatic nitrogens is 1. The topological polar surface area (TPSA) is 75.8 Å². The molecule has 2 aliphatic heterocycles. The largest absolute Gasteiger partial charge is 0.390 e. The van der Waals surface area contributed by atoms with E-state index in [1.165, 1.54) is 0 Å². The first-order valence-corrected chi connectivity index (χ1v) is 8.47. The summed E-state index contributed by atoms with van der Waals surface area (Å²) >= 11 is 0. The van der Waals surface area contributed by atoms with E-state index >= 15 is 0 Å². The summed E-state index contributed by atoms with van der Waals surface area (Å²) in [5, 5.41) is 14.3. The fourth-order valence-electron chi connectivity index (χ4n) is 3.85. The third kappa shape index (κ3) is 3.15. The Balaban J connectivity index is 1.69. The summed E-state index contributed by atoms with van der Waals surface area (Å²) in [4.78, 5) is 14.7. The first-order valence-electron chi connectivity index (χ1n) is 8.47. The molecule has 1 aromatic rings. The van der Waals surface area contributed by atoms with Crippen LogP contribution in [0.25, 0.3) is 0 Å². The van der Waals surface area contributed by atoms with Gasteiger partial charge in [-0.2, -0.15) is 0 Å². The number of aryl methyl sites for hydroxylation is 2. The van der Waals surface area contributed by atoms with E-state index in [1.807, 2.05) is 18.7 Å². The molecular formula is C17H26N2O4. The number of hydrogen-bond acceptors (Lipinski definition) is 5. The third-order valence-corrected chi connectivity index (χ3v) is 5.20. The van der Waals surface area contributed by atoms with E-state index in [-0.39, 0.29) is 11.5 Å². The van der Waals surface area contributed by atoms with Crippen LogP contribution in [0.2, 0.25) is 0 Å². The number of hydrogen-bond donors (Lipinski definition) is 1. The van der Waals surface area contributed by atoms with Gasteiger partial charge in [0.25, 0.3) is 5.91 Å². The molecule has 1 spiro atoms. The molecule has 23 heavy (non-hydrogen) atoms. The van der Waals surface area contributed by atoms with Crippen molar-refractivity contribution in [2.24, 2.45) is 0 Å². The molecule has 0 aliphatic carbocycles. The number of piperidine rings is 1. The molecule has 1 amide bonds. The summed E-state index contributed by atoms with van der Waals surface area (Å²) < 4.78 is 11.2. The van der Waals surface area contributed by atoms with Crippen molar-refractivity contribution >= 4 is 5.91 Å². The van der Waals surface area contributed by atoms with Gasteiger partial charge in [-0.25, -0.2) is 0 Å². The Hall–Kier alpha value is -1.40. The molecule has 0 radical (unpaired) electrons. The van der Waals surface area contributed by atoms with Crippen molar-refractivity contribution in [3.63, 3.8) is 0 Å². The highest BCUT2D eigenvalue weighted by atomic mass is 16.5. The molecule has 2 saturated heterocycles. The zero-order valence-electron chi connectivity index (χ0n) is 14.2. The van der Waals surface area contributed by atoms with Gasteiger partial charge in [0.05, 0.1) is 23.5 Å². The van der Waals surface area contributed by atoms with Gasteiger partial charge in [0.1, 0.15) is 11.3 Å². The zero-order chi connectivity index (χ0) is 16.7. The van der Waals surface area contributed by atoms with Crippen molar-refractivity contribution in [1.82, 2.24) is 10.1 Å². The molecule has 3 rings (SSSR count). The summed E-state index contributed by atoms with van der Waals surface area (Å²) in [7, 11) is 0. The maximum absolute atomic E-state index is 12.8. The molecular weight excluding hydrogens is 296 g/mol. The van der Waals surface area contributed by atoms with E-state index < -0.39 is 5.60 Å². The molecule has 6 nitrogen and oxygen atoms in total. The van der Waals surface area contributed by atoms with Gasteiger partial charge in [0.15, 0.2) is 0 Å². The first kappa shape index (κ1) is 16.5. The predicted molar refractivity (Wildman–Crippen MR) is 84.3 cm³/mol. The Morgan fingerprint density at radius 2 is 2.04 bits per heavy atom. The fourth-order valence-corrected chi connectivity index (χ4v) is 3.85. The van der Waals surface area contributed by atoms with Crippen LogP contribution in [0, 0.1) is 6.92 Å². The van der Waals surface area contributed by atoms with E-state index in [1.54, 1.807) is 6.92 Å². The van der Waals surface area contributed by atoms with Crippen LogP contribution in [0.1, 0.15) is 61.3 Å². The fraction of sp³-hybridized carbons (Fsp3) is 0.765. The lowest BCUT2D eigenvalue weighted by Gasteiger charge is -2.48. The van der Waals surface area contributed by atoms with Crippen molar-refractivity contribution in [3.05, 3.63) is 17.0 Å². The third-order valence-electron chi connectivity index (χ3n) is 5.20. The van der Waals surface area contributed by atoms with Gasteiger partial charge in [-0.3, -0.25) is 4.79 Å². The van der Waals surface area contributed by atoms with Crippen molar-refractivity contribution in [1.29, 1.82) is 0 Å². The highest BCUT2D eigenvalue weighted by Crippen LogP contribution is 2.39. The van der Waals surface area contributed by atoms with E-state index in [2.05, 4.69) is 5.16 Å². The van der Waals surface area contributed by atoms with E-state index in [0.29, 0.717) is 50.3 Å². The number of carbonyl (C=O) groups excluding carboxylic acids is 1. The standard InChI is InChI=1S/C17H26N2O4/c1-4-13-14(12(2)23-18-13)15(20)19-8-5-17(6-9-19)11-16(3,21)7-10-22-17/h21H,4-11H2,1-3H3. The highest BCUT2D eigenvalue weighted by Gasteiger charge is 2.45. The Bertz CT molecular complexity index is 585. The minimum atomic E-state index is -0.662. The summed E-state index contributed by atoms with van der Waals surface area (Å²) in [6.07, 6.45) is 3.54. The van der Waals surface area contributed by atoms with Gasteiger partial charge in [0, 0.05) is 19.5 Å². The highest BCUT2D eigenvalue weighted by molar-refractivity contribution is 5.96. The van der Waals surface area contributed by atoms with Crippen LogP contribution in [0.15, 0.2) is 4.52 Å². The van der Waals surface area contributed by atoms with Gasteiger partial charge < -0.3 is 19.3 Å². The number of amides is 1. The molecule has 1 N–H and O–H groups in total. The molecule has 1 aromatic heterocycles. The second kappa shape index (κ2) is 5.91. The number of ether oxygens (including phenoxy) is 1. The quantitative estimate of drug-likeness (QED) is 0.902. The van der Waals surface area contributed by atoms with Gasteiger partial charge in [-0.1, -0.05) is 12.1 Å². The molecule has 0 saturated carbocycles. The Kier molecular flexibility index (Phi) is 4.23. The number of likely N-dealkylation sites (tertiary alicyclic amines) is 1. The molecule has 6 heteroatoms. The smallest absolute Gasteiger partial charge is 0.259 e. The second-order valence-electron chi connectivity index (χ2n) is 7.16. The molecule has 128 valence electrons. The Morgan fingerprint density at radius 3 is 2.65 bits per heavy atom. The summed E-state index contributed by atoms with van der Waals surface area (Å²) in [6, 6.07) is 0. The molecule has 0 bridgehead atoms. The molecule has 2 fully saturated rings. The van der Waals surface area contributed by atoms with Gasteiger partial charge in [0.2, 0.25) is 0 Å². The molecule has 1 atom stereocenters. The van der Waals surface area contributed by atoms with Crippen molar-refractivity contribution in [2.75, 3.05) is 19.7 Å². The Labute approximate surface area is 136 Å². The first-order chi connectivity index (χ1) is 10.9. The molecule has 0 aromatic carbocycles. The molecule has 1 unspecified atom stereocenters. The van der Waals surface area contributed by atoms with Crippen molar-refractivity contribution in [2.45, 2.75) is 64.1 Å². The Morgan fingerprint density at radius 1 is 1.35 bits per heavy atom. The van der Waals surface area contributed by atoms with Crippen molar-refractivity contribution < 1.29 is 19.2 Å². The van der Waals surface area contributed by atoms with Gasteiger partial charge >= 0.3 is 0 Å². The summed E-state index contributed by atoms with van der Waals surface area (Å²) in [5.74, 6) is 0.585. The number of nitrogens with zero attached hydrogens (tertiary/aromatic N) is 2. The summed E-state index contributed by atoms with van der Waals surface area (Å²) in [6.45, 7) is 7.50. The van der Waals surface area contributed by atoms with E-state index in [4.69, 9.17) is 9.26 Å². The molecule has 2 aliphatic rings. The number of aliphatic hydroxyl groups is 1. The van der Waals surface area contributed by atoms with Crippen LogP contribution in [0.5, 0.6) is 0 Å².